The molecule has 0 spiro atoms. The van der Waals surface area contributed by atoms with E-state index in [0.717, 1.165) is 5.56 Å². The van der Waals surface area contributed by atoms with Gasteiger partial charge in [0.25, 0.3) is 0 Å². The van der Waals surface area contributed by atoms with Crippen molar-refractivity contribution in [1.82, 2.24) is 0 Å². The molecule has 0 fully saturated rings. The van der Waals surface area contributed by atoms with Crippen molar-refractivity contribution in [2.24, 2.45) is 0 Å². The fourth-order valence-corrected chi connectivity index (χ4v) is 1.21. The number of halogens is 1. The van der Waals surface area contributed by atoms with Crippen LogP contribution in [-0.2, 0) is 4.79 Å². The van der Waals surface area contributed by atoms with Crippen molar-refractivity contribution in [3.63, 3.8) is 0 Å². The summed E-state index contributed by atoms with van der Waals surface area (Å²) < 4.78 is 5.12. The lowest BCUT2D eigenvalue weighted by atomic mass is 10.2. The van der Waals surface area contributed by atoms with Gasteiger partial charge < -0.3 is 10.1 Å². The number of rotatable bonds is 3. The van der Waals surface area contributed by atoms with E-state index in [1.54, 1.807) is 14.0 Å². The Balaban J connectivity index is 2.92. The first-order chi connectivity index (χ1) is 7.04. The average molecular weight is 228 g/mol. The smallest absolute Gasteiger partial charge is 0.242 e. The van der Waals surface area contributed by atoms with E-state index in [1.165, 1.54) is 0 Å². The summed E-state index contributed by atoms with van der Waals surface area (Å²) in [6.45, 7) is 3.57. The lowest BCUT2D eigenvalue weighted by Gasteiger charge is -2.11. The van der Waals surface area contributed by atoms with E-state index < -0.39 is 5.38 Å². The molecule has 0 aliphatic carbocycles. The van der Waals surface area contributed by atoms with Crippen molar-refractivity contribution in [1.29, 1.82) is 0 Å². The summed E-state index contributed by atoms with van der Waals surface area (Å²) in [5.41, 5.74) is 1.70. The molecule has 0 heterocycles. The normalized spacial score (nSPS) is 12.0. The fourth-order valence-electron chi connectivity index (χ4n) is 1.15. The molecule has 1 aromatic rings. The van der Waals surface area contributed by atoms with Crippen LogP contribution in [0.2, 0.25) is 0 Å². The molecule has 3 nitrogen and oxygen atoms in total. The number of methoxy groups -OCH3 is 1. The van der Waals surface area contributed by atoms with Gasteiger partial charge in [-0.15, -0.1) is 11.6 Å². The summed E-state index contributed by atoms with van der Waals surface area (Å²) in [6, 6.07) is 5.57. The second-order valence-electron chi connectivity index (χ2n) is 3.31. The Bertz CT molecular complexity index is 364. The van der Waals surface area contributed by atoms with Crippen molar-refractivity contribution in [3.05, 3.63) is 23.8 Å². The van der Waals surface area contributed by atoms with E-state index in [4.69, 9.17) is 16.3 Å². The molecule has 0 aliphatic rings. The van der Waals surface area contributed by atoms with E-state index in [1.807, 2.05) is 25.1 Å². The molecule has 1 rings (SSSR count). The number of alkyl halides is 1. The summed E-state index contributed by atoms with van der Waals surface area (Å²) >= 11 is 5.66. The van der Waals surface area contributed by atoms with Gasteiger partial charge in [-0.1, -0.05) is 6.07 Å². The molecule has 0 aliphatic heterocycles. The van der Waals surface area contributed by atoms with Crippen LogP contribution in [-0.4, -0.2) is 18.4 Å². The second kappa shape index (κ2) is 5.03. The van der Waals surface area contributed by atoms with Crippen LogP contribution < -0.4 is 10.1 Å². The van der Waals surface area contributed by atoms with Crippen LogP contribution in [0.25, 0.3) is 0 Å². The summed E-state index contributed by atoms with van der Waals surface area (Å²) in [5, 5.41) is 2.15. The number of amides is 1. The minimum absolute atomic E-state index is 0.236. The number of nitrogens with one attached hydrogen (secondary N) is 1. The van der Waals surface area contributed by atoms with E-state index in [-0.39, 0.29) is 5.91 Å². The molecule has 1 N–H and O–H groups in total. The van der Waals surface area contributed by atoms with Gasteiger partial charge in [0.1, 0.15) is 11.1 Å². The Kier molecular flexibility index (Phi) is 3.97. The Morgan fingerprint density at radius 1 is 1.53 bits per heavy atom. The Labute approximate surface area is 94.4 Å². The predicted molar refractivity (Wildman–Crippen MR) is 61.7 cm³/mol. The summed E-state index contributed by atoms with van der Waals surface area (Å²) in [6.07, 6.45) is 0. The van der Waals surface area contributed by atoms with E-state index in [0.29, 0.717) is 11.4 Å². The SMILES string of the molecule is COc1ccc(C)cc1NC(=O)C(C)Cl. The number of anilines is 1. The number of ether oxygens (including phenoxy) is 1. The molecule has 0 aromatic heterocycles. The van der Waals surface area contributed by atoms with Crippen molar-refractivity contribution >= 4 is 23.2 Å². The number of carbonyl (C=O) groups is 1. The summed E-state index contributed by atoms with van der Waals surface area (Å²) in [7, 11) is 1.56. The minimum Gasteiger partial charge on any atom is -0.495 e. The van der Waals surface area contributed by atoms with Crippen molar-refractivity contribution in [2.45, 2.75) is 19.2 Å². The Morgan fingerprint density at radius 2 is 2.20 bits per heavy atom. The number of hydrogen-bond acceptors (Lipinski definition) is 2. The molecule has 15 heavy (non-hydrogen) atoms. The molecule has 1 atom stereocenters. The van der Waals surface area contributed by atoms with Gasteiger partial charge in [0.05, 0.1) is 12.8 Å². The number of carbonyl (C=O) groups excluding carboxylic acids is 1. The van der Waals surface area contributed by atoms with Crippen LogP contribution in [0.5, 0.6) is 5.75 Å². The zero-order valence-electron chi connectivity index (χ0n) is 9.00. The minimum atomic E-state index is -0.560. The van der Waals surface area contributed by atoms with E-state index in [2.05, 4.69) is 5.32 Å². The standard InChI is InChI=1S/C11H14ClNO2/c1-7-4-5-10(15-3)9(6-7)13-11(14)8(2)12/h4-6,8H,1-3H3,(H,13,14). The third-order valence-electron chi connectivity index (χ3n) is 1.97. The lowest BCUT2D eigenvalue weighted by Crippen LogP contribution is -2.20. The van der Waals surface area contributed by atoms with Gasteiger partial charge >= 0.3 is 0 Å². The van der Waals surface area contributed by atoms with Crippen LogP contribution in [0.15, 0.2) is 18.2 Å². The number of benzene rings is 1. The zero-order chi connectivity index (χ0) is 11.4. The van der Waals surface area contributed by atoms with Crippen LogP contribution in [0.3, 0.4) is 0 Å². The van der Waals surface area contributed by atoms with Crippen LogP contribution in [0, 0.1) is 6.92 Å². The fraction of sp³-hybridized carbons (Fsp3) is 0.364. The molecule has 4 heteroatoms. The lowest BCUT2D eigenvalue weighted by molar-refractivity contribution is -0.115. The average Bonchev–Trinajstić information content (AvgIpc) is 2.18. The molecule has 82 valence electrons. The third kappa shape index (κ3) is 3.13. The van der Waals surface area contributed by atoms with Crippen LogP contribution in [0.1, 0.15) is 12.5 Å². The first-order valence-electron chi connectivity index (χ1n) is 4.64. The van der Waals surface area contributed by atoms with Crippen molar-refractivity contribution in [3.8, 4) is 5.75 Å². The van der Waals surface area contributed by atoms with E-state index >= 15 is 0 Å². The molecular formula is C11H14ClNO2. The molecule has 1 amide bonds. The molecular weight excluding hydrogens is 214 g/mol. The van der Waals surface area contributed by atoms with Gasteiger partial charge in [-0.05, 0) is 31.5 Å². The van der Waals surface area contributed by atoms with Crippen LogP contribution >= 0.6 is 11.6 Å². The second-order valence-corrected chi connectivity index (χ2v) is 3.96. The first kappa shape index (κ1) is 11.9. The molecule has 1 aromatic carbocycles. The zero-order valence-corrected chi connectivity index (χ0v) is 9.76. The van der Waals surface area contributed by atoms with Gasteiger partial charge in [-0.3, -0.25) is 4.79 Å². The third-order valence-corrected chi connectivity index (χ3v) is 2.17. The highest BCUT2D eigenvalue weighted by Crippen LogP contribution is 2.25. The molecule has 0 bridgehead atoms. The number of aryl methyl sites for hydroxylation is 1. The van der Waals surface area contributed by atoms with Gasteiger partial charge in [0.2, 0.25) is 5.91 Å². The topological polar surface area (TPSA) is 38.3 Å². The predicted octanol–water partition coefficient (Wildman–Crippen LogP) is 2.57. The van der Waals surface area contributed by atoms with E-state index in [9.17, 15) is 4.79 Å². The highest BCUT2D eigenvalue weighted by molar-refractivity contribution is 6.32. The van der Waals surface area contributed by atoms with Gasteiger partial charge in [0, 0.05) is 0 Å². The van der Waals surface area contributed by atoms with Gasteiger partial charge in [0.15, 0.2) is 0 Å². The Morgan fingerprint density at radius 3 is 2.73 bits per heavy atom. The number of hydrogen-bond donors (Lipinski definition) is 1. The van der Waals surface area contributed by atoms with Gasteiger partial charge in [-0.2, -0.15) is 0 Å². The molecule has 0 saturated heterocycles. The largest absolute Gasteiger partial charge is 0.495 e. The maximum atomic E-state index is 11.4. The Hall–Kier alpha value is -1.22. The summed E-state index contributed by atoms with van der Waals surface area (Å²) in [5.74, 6) is 0.395. The summed E-state index contributed by atoms with van der Waals surface area (Å²) in [4.78, 5) is 11.4. The molecule has 0 radical (unpaired) electrons. The quantitative estimate of drug-likeness (QED) is 0.806. The van der Waals surface area contributed by atoms with Gasteiger partial charge in [-0.25, -0.2) is 0 Å². The maximum absolute atomic E-state index is 11.4. The molecule has 1 unspecified atom stereocenters. The molecule has 0 saturated carbocycles. The highest BCUT2D eigenvalue weighted by Gasteiger charge is 2.11. The monoisotopic (exact) mass is 227 g/mol. The maximum Gasteiger partial charge on any atom is 0.242 e. The first-order valence-corrected chi connectivity index (χ1v) is 5.08. The highest BCUT2D eigenvalue weighted by atomic mass is 35.5. The van der Waals surface area contributed by atoms with Crippen molar-refractivity contribution in [2.75, 3.05) is 12.4 Å². The van der Waals surface area contributed by atoms with Crippen LogP contribution in [0.4, 0.5) is 5.69 Å². The van der Waals surface area contributed by atoms with Crippen molar-refractivity contribution < 1.29 is 9.53 Å².